The third-order valence-electron chi connectivity index (χ3n) is 3.18. The highest BCUT2D eigenvalue weighted by atomic mass is 16.3. The minimum atomic E-state index is 1.02. The van der Waals surface area contributed by atoms with Crippen LogP contribution in [0.5, 0.6) is 0 Å². The second kappa shape index (κ2) is 3.11. The van der Waals surface area contributed by atoms with Gasteiger partial charge in [0.05, 0.1) is 0 Å². The summed E-state index contributed by atoms with van der Waals surface area (Å²) in [5, 5.41) is 1.30. The molecule has 0 atom stereocenters. The first-order valence-electron chi connectivity index (χ1n) is 5.43. The van der Waals surface area contributed by atoms with Gasteiger partial charge in [0, 0.05) is 30.5 Å². The first-order valence-corrected chi connectivity index (χ1v) is 5.43. The van der Waals surface area contributed by atoms with Crippen LogP contribution in [0.25, 0.3) is 11.0 Å². The zero-order valence-corrected chi connectivity index (χ0v) is 9.21. The molecule has 2 heterocycles. The molecular formula is C13H15NO. The van der Waals surface area contributed by atoms with Crippen molar-refractivity contribution in [3.63, 3.8) is 0 Å². The first-order chi connectivity index (χ1) is 7.24. The Bertz CT molecular complexity index is 512. The van der Waals surface area contributed by atoms with E-state index in [-0.39, 0.29) is 0 Å². The Balaban J connectivity index is 2.25. The van der Waals surface area contributed by atoms with E-state index in [1.54, 1.807) is 0 Å². The Kier molecular flexibility index (Phi) is 1.86. The number of aryl methyl sites for hydroxylation is 1. The summed E-state index contributed by atoms with van der Waals surface area (Å²) in [6.07, 6.45) is 1.04. The Labute approximate surface area is 89.5 Å². The minimum absolute atomic E-state index is 1.02. The number of hydrogen-bond acceptors (Lipinski definition) is 2. The Morgan fingerprint density at radius 2 is 2.20 bits per heavy atom. The molecule has 1 aliphatic heterocycles. The summed E-state index contributed by atoms with van der Waals surface area (Å²) in [5.74, 6) is 1.19. The standard InChI is InChI=1S/C13H15NO/c1-9-3-4-12-10(7-9)11-8-14(2)6-5-13(11)15-12/h3-4,7H,5-6,8H2,1-2H3. The van der Waals surface area contributed by atoms with Crippen molar-refractivity contribution in [1.29, 1.82) is 0 Å². The van der Waals surface area contributed by atoms with Crippen LogP contribution in [0.4, 0.5) is 0 Å². The van der Waals surface area contributed by atoms with Gasteiger partial charge in [-0.05, 0) is 26.1 Å². The zero-order chi connectivity index (χ0) is 10.4. The van der Waals surface area contributed by atoms with E-state index in [9.17, 15) is 0 Å². The summed E-state index contributed by atoms with van der Waals surface area (Å²) in [6.45, 7) is 4.25. The molecule has 0 aliphatic carbocycles. The molecule has 0 unspecified atom stereocenters. The predicted molar refractivity (Wildman–Crippen MR) is 61.0 cm³/mol. The van der Waals surface area contributed by atoms with Crippen molar-refractivity contribution >= 4 is 11.0 Å². The first kappa shape index (κ1) is 8.98. The van der Waals surface area contributed by atoms with Crippen LogP contribution in [0.1, 0.15) is 16.9 Å². The Hall–Kier alpha value is -1.28. The van der Waals surface area contributed by atoms with E-state index < -0.39 is 0 Å². The average Bonchev–Trinajstić information content (AvgIpc) is 2.56. The fraction of sp³-hybridized carbons (Fsp3) is 0.385. The predicted octanol–water partition coefficient (Wildman–Crippen LogP) is 2.73. The highest BCUT2D eigenvalue weighted by Crippen LogP contribution is 2.30. The number of likely N-dealkylation sites (N-methyl/N-ethyl adjacent to an activating group) is 1. The van der Waals surface area contributed by atoms with Gasteiger partial charge in [-0.3, -0.25) is 0 Å². The van der Waals surface area contributed by atoms with Gasteiger partial charge in [-0.1, -0.05) is 11.6 Å². The van der Waals surface area contributed by atoms with Gasteiger partial charge in [0.1, 0.15) is 11.3 Å². The number of hydrogen-bond donors (Lipinski definition) is 0. The molecule has 3 rings (SSSR count). The molecule has 1 aromatic carbocycles. The fourth-order valence-corrected chi connectivity index (χ4v) is 2.33. The molecule has 0 saturated carbocycles. The van der Waals surface area contributed by atoms with Gasteiger partial charge < -0.3 is 9.32 Å². The van der Waals surface area contributed by atoms with Gasteiger partial charge in [-0.15, -0.1) is 0 Å². The van der Waals surface area contributed by atoms with Crippen LogP contribution in [0.3, 0.4) is 0 Å². The van der Waals surface area contributed by atoms with Gasteiger partial charge >= 0.3 is 0 Å². The molecule has 0 radical (unpaired) electrons. The molecule has 2 aromatic rings. The van der Waals surface area contributed by atoms with Crippen LogP contribution in [0, 0.1) is 6.92 Å². The maximum Gasteiger partial charge on any atom is 0.134 e. The fourth-order valence-electron chi connectivity index (χ4n) is 2.33. The van der Waals surface area contributed by atoms with Crippen LogP contribution in [0.15, 0.2) is 22.6 Å². The second-order valence-corrected chi connectivity index (χ2v) is 4.49. The average molecular weight is 201 g/mol. The third-order valence-corrected chi connectivity index (χ3v) is 3.18. The van der Waals surface area contributed by atoms with Crippen molar-refractivity contribution in [2.75, 3.05) is 13.6 Å². The number of furan rings is 1. The normalized spacial score (nSPS) is 16.9. The maximum absolute atomic E-state index is 5.87. The molecule has 0 bridgehead atoms. The minimum Gasteiger partial charge on any atom is -0.461 e. The Morgan fingerprint density at radius 3 is 3.07 bits per heavy atom. The van der Waals surface area contributed by atoms with Crippen molar-refractivity contribution in [2.45, 2.75) is 19.9 Å². The summed E-state index contributed by atoms with van der Waals surface area (Å²) in [6, 6.07) is 6.43. The molecule has 0 N–H and O–H groups in total. The monoisotopic (exact) mass is 201 g/mol. The lowest BCUT2D eigenvalue weighted by atomic mass is 10.0. The summed E-state index contributed by atoms with van der Waals surface area (Å²) in [7, 11) is 2.16. The molecule has 0 amide bonds. The summed E-state index contributed by atoms with van der Waals surface area (Å²) >= 11 is 0. The van der Waals surface area contributed by atoms with Crippen molar-refractivity contribution in [3.05, 3.63) is 35.1 Å². The summed E-state index contributed by atoms with van der Waals surface area (Å²) in [4.78, 5) is 2.35. The van der Waals surface area contributed by atoms with Crippen molar-refractivity contribution < 1.29 is 4.42 Å². The highest BCUT2D eigenvalue weighted by Gasteiger charge is 2.20. The molecule has 1 aliphatic rings. The number of benzene rings is 1. The SMILES string of the molecule is Cc1ccc2oc3c(c2c1)CN(C)CC3. The lowest BCUT2D eigenvalue weighted by Gasteiger charge is -2.21. The molecule has 0 spiro atoms. The van der Waals surface area contributed by atoms with E-state index in [0.717, 1.165) is 25.1 Å². The quantitative estimate of drug-likeness (QED) is 0.651. The second-order valence-electron chi connectivity index (χ2n) is 4.49. The van der Waals surface area contributed by atoms with Crippen molar-refractivity contribution in [3.8, 4) is 0 Å². The molecule has 15 heavy (non-hydrogen) atoms. The highest BCUT2D eigenvalue weighted by molar-refractivity contribution is 5.83. The Morgan fingerprint density at radius 1 is 1.33 bits per heavy atom. The van der Waals surface area contributed by atoms with Gasteiger partial charge in [-0.25, -0.2) is 0 Å². The van der Waals surface area contributed by atoms with Gasteiger partial charge in [-0.2, -0.15) is 0 Å². The largest absolute Gasteiger partial charge is 0.461 e. The van der Waals surface area contributed by atoms with E-state index in [1.165, 1.54) is 22.3 Å². The number of nitrogens with zero attached hydrogens (tertiary/aromatic N) is 1. The smallest absolute Gasteiger partial charge is 0.134 e. The maximum atomic E-state index is 5.87. The van der Waals surface area contributed by atoms with Crippen LogP contribution in [0.2, 0.25) is 0 Å². The van der Waals surface area contributed by atoms with Crippen LogP contribution in [-0.4, -0.2) is 18.5 Å². The zero-order valence-electron chi connectivity index (χ0n) is 9.21. The van der Waals surface area contributed by atoms with E-state index in [1.807, 2.05) is 0 Å². The molecule has 2 nitrogen and oxygen atoms in total. The lowest BCUT2D eigenvalue weighted by molar-refractivity contribution is 0.296. The molecular weight excluding hydrogens is 186 g/mol. The van der Waals surface area contributed by atoms with E-state index in [2.05, 4.69) is 37.1 Å². The van der Waals surface area contributed by atoms with E-state index in [4.69, 9.17) is 4.42 Å². The number of rotatable bonds is 0. The van der Waals surface area contributed by atoms with E-state index in [0.29, 0.717) is 0 Å². The molecule has 1 aromatic heterocycles. The lowest BCUT2D eigenvalue weighted by Crippen LogP contribution is -2.25. The van der Waals surface area contributed by atoms with E-state index >= 15 is 0 Å². The van der Waals surface area contributed by atoms with Crippen molar-refractivity contribution in [1.82, 2.24) is 4.90 Å². The molecule has 2 heteroatoms. The molecule has 78 valence electrons. The third kappa shape index (κ3) is 1.37. The van der Waals surface area contributed by atoms with Crippen LogP contribution in [-0.2, 0) is 13.0 Å². The van der Waals surface area contributed by atoms with Gasteiger partial charge in [0.2, 0.25) is 0 Å². The van der Waals surface area contributed by atoms with Gasteiger partial charge in [0.15, 0.2) is 0 Å². The molecule has 0 saturated heterocycles. The van der Waals surface area contributed by atoms with Crippen LogP contribution < -0.4 is 0 Å². The van der Waals surface area contributed by atoms with Crippen molar-refractivity contribution in [2.24, 2.45) is 0 Å². The summed E-state index contributed by atoms with van der Waals surface area (Å²) < 4.78 is 5.87. The van der Waals surface area contributed by atoms with Crippen LogP contribution >= 0.6 is 0 Å². The summed E-state index contributed by atoms with van der Waals surface area (Å²) in [5.41, 5.74) is 3.74. The number of fused-ring (bicyclic) bond motifs is 3. The topological polar surface area (TPSA) is 16.4 Å². The van der Waals surface area contributed by atoms with Gasteiger partial charge in [0.25, 0.3) is 0 Å². The molecule has 0 fully saturated rings.